The average molecular weight is 517 g/mol. The van der Waals surface area contributed by atoms with Gasteiger partial charge in [-0.3, -0.25) is 9.59 Å². The highest BCUT2D eigenvalue weighted by Crippen LogP contribution is 2.11. The molecule has 0 aliphatic heterocycles. The second-order valence-corrected chi connectivity index (χ2v) is 10.4. The van der Waals surface area contributed by atoms with Crippen molar-refractivity contribution >= 4 is 24.6 Å². The van der Waals surface area contributed by atoms with Crippen LogP contribution in [0.2, 0.25) is 0 Å². The molecule has 0 rings (SSSR count). The number of nitrogens with one attached hydrogen (secondary N) is 2. The third-order valence-corrected chi connectivity index (χ3v) is 4.57. The van der Waals surface area contributed by atoms with Gasteiger partial charge in [0.25, 0.3) is 0 Å². The van der Waals surface area contributed by atoms with Crippen molar-refractivity contribution in [2.75, 3.05) is 52.4 Å². The quantitative estimate of drug-likeness (QED) is 0.131. The van der Waals surface area contributed by atoms with Gasteiger partial charge in [-0.15, -0.1) is 0 Å². The van der Waals surface area contributed by atoms with Crippen LogP contribution in [0.15, 0.2) is 0 Å². The van der Waals surface area contributed by atoms with Crippen molar-refractivity contribution in [1.29, 1.82) is 0 Å². The second-order valence-electron chi connectivity index (χ2n) is 10.4. The Balaban J connectivity index is 4.43. The molecule has 0 unspecified atom stereocenters. The van der Waals surface area contributed by atoms with E-state index >= 15 is 0 Å². The van der Waals surface area contributed by atoms with Gasteiger partial charge in [-0.2, -0.15) is 0 Å². The maximum Gasteiger partial charge on any atom is 0.410 e. The van der Waals surface area contributed by atoms with Crippen LogP contribution in [-0.4, -0.2) is 98.0 Å². The number of esters is 1. The van der Waals surface area contributed by atoms with E-state index in [4.69, 9.17) is 14.2 Å². The zero-order chi connectivity index (χ0) is 27.6. The molecule has 0 spiro atoms. The molecule has 11 nitrogen and oxygen atoms in total. The maximum absolute atomic E-state index is 12.6. The molecule has 0 atom stereocenters. The van der Waals surface area contributed by atoms with Crippen LogP contribution in [0.25, 0.3) is 0 Å². The molecule has 2 N–H and O–H groups in total. The molecule has 0 fully saturated rings. The summed E-state index contributed by atoms with van der Waals surface area (Å²) in [4.78, 5) is 50.4. The van der Waals surface area contributed by atoms with E-state index in [1.165, 1.54) is 0 Å². The number of unbranched alkanes of at least 4 members (excludes halogenated alkanes) is 1. The van der Waals surface area contributed by atoms with Crippen molar-refractivity contribution in [1.82, 2.24) is 20.4 Å². The first kappa shape index (κ1) is 33.4. The molecule has 0 aromatic rings. The number of nitrogens with zero attached hydrogens (tertiary/aromatic N) is 2. The Bertz CT molecular complexity index is 660. The Labute approximate surface area is 216 Å². The van der Waals surface area contributed by atoms with Crippen LogP contribution in [0.5, 0.6) is 0 Å². The molecule has 0 radical (unpaired) electrons. The largest absolute Gasteiger partial charge is 0.465 e. The molecule has 0 aliphatic rings. The minimum Gasteiger partial charge on any atom is -0.465 e. The predicted molar refractivity (Wildman–Crippen MR) is 138 cm³/mol. The van der Waals surface area contributed by atoms with E-state index in [0.717, 1.165) is 12.8 Å². The van der Waals surface area contributed by atoms with Gasteiger partial charge in [-0.05, 0) is 80.7 Å². The van der Waals surface area contributed by atoms with Crippen molar-refractivity contribution < 1.29 is 33.4 Å². The molecule has 0 aliphatic carbocycles. The van der Waals surface area contributed by atoms with Crippen LogP contribution in [0.3, 0.4) is 0 Å². The summed E-state index contributed by atoms with van der Waals surface area (Å²) < 4.78 is 15.6. The monoisotopic (exact) mass is 516 g/mol. The first-order chi connectivity index (χ1) is 16.8. The summed E-state index contributed by atoms with van der Waals surface area (Å²) in [5, 5.41) is 5.69. The maximum atomic E-state index is 12.6. The average Bonchev–Trinajstić information content (AvgIpc) is 2.73. The Morgan fingerprint density at radius 1 is 0.806 bits per heavy atom. The number of carbonyl (C=O) groups is 4. The van der Waals surface area contributed by atoms with Crippen molar-refractivity contribution in [3.63, 3.8) is 0 Å². The summed E-state index contributed by atoms with van der Waals surface area (Å²) in [7, 11) is 0. The summed E-state index contributed by atoms with van der Waals surface area (Å²) in [6.45, 7) is 16.1. The number of amides is 3. The molecule has 0 saturated carbocycles. The van der Waals surface area contributed by atoms with Crippen LogP contribution in [0, 0.1) is 0 Å². The first-order valence-electron chi connectivity index (χ1n) is 12.8. The van der Waals surface area contributed by atoms with Crippen LogP contribution in [0.4, 0.5) is 9.59 Å². The van der Waals surface area contributed by atoms with E-state index in [0.29, 0.717) is 65.1 Å². The van der Waals surface area contributed by atoms with Gasteiger partial charge in [0.1, 0.15) is 11.2 Å². The van der Waals surface area contributed by atoms with E-state index in [9.17, 15) is 19.2 Å². The number of ether oxygens (including phenoxy) is 3. The Morgan fingerprint density at radius 2 is 1.36 bits per heavy atom. The molecular formula is C25H48N4O7. The summed E-state index contributed by atoms with van der Waals surface area (Å²) >= 11 is 0. The molecule has 210 valence electrons. The second kappa shape index (κ2) is 17.8. The Morgan fingerprint density at radius 3 is 1.94 bits per heavy atom. The van der Waals surface area contributed by atoms with Crippen molar-refractivity contribution in [3.8, 4) is 0 Å². The molecular weight excluding hydrogens is 468 g/mol. The highest BCUT2D eigenvalue weighted by Gasteiger charge is 2.22. The lowest BCUT2D eigenvalue weighted by molar-refractivity contribution is -0.142. The van der Waals surface area contributed by atoms with Crippen LogP contribution in [-0.2, 0) is 23.8 Å². The first-order valence-corrected chi connectivity index (χ1v) is 12.8. The highest BCUT2D eigenvalue weighted by molar-refractivity contribution is 5.71. The zero-order valence-corrected chi connectivity index (χ0v) is 23.3. The van der Waals surface area contributed by atoms with E-state index in [-0.39, 0.29) is 12.5 Å². The minimum absolute atomic E-state index is 0.155. The standard InChI is InChI=1S/C25H48N4O7/c1-8-34-21(31)19-26-13-11-16-28(20-30)15-9-10-17-29(23(33)36-25(5,6)7)18-12-14-27-22(32)35-24(2,3)4/h20,26H,8-19H2,1-7H3,(H,27,32). The number of hydrogen-bond acceptors (Lipinski definition) is 8. The van der Waals surface area contributed by atoms with Gasteiger partial charge in [0.15, 0.2) is 0 Å². The smallest absolute Gasteiger partial charge is 0.410 e. The van der Waals surface area contributed by atoms with Crippen LogP contribution < -0.4 is 10.6 Å². The fourth-order valence-corrected chi connectivity index (χ4v) is 3.04. The van der Waals surface area contributed by atoms with E-state index < -0.39 is 23.4 Å². The van der Waals surface area contributed by atoms with Gasteiger partial charge < -0.3 is 34.6 Å². The van der Waals surface area contributed by atoms with E-state index in [2.05, 4.69) is 10.6 Å². The normalized spacial score (nSPS) is 11.4. The Hall–Kier alpha value is -2.56. The fraction of sp³-hybridized carbons (Fsp3) is 0.840. The molecule has 0 saturated heterocycles. The summed E-state index contributed by atoms with van der Waals surface area (Å²) in [6.07, 6.45) is 2.62. The molecule has 0 aromatic carbocycles. The van der Waals surface area contributed by atoms with E-state index in [1.807, 2.05) is 20.8 Å². The van der Waals surface area contributed by atoms with Crippen molar-refractivity contribution in [2.45, 2.75) is 85.4 Å². The van der Waals surface area contributed by atoms with Gasteiger partial charge in [-0.25, -0.2) is 9.59 Å². The summed E-state index contributed by atoms with van der Waals surface area (Å²) in [5.74, 6) is -0.292. The van der Waals surface area contributed by atoms with E-state index in [1.54, 1.807) is 37.5 Å². The number of alkyl carbamates (subject to hydrolysis) is 1. The molecule has 11 heteroatoms. The van der Waals surface area contributed by atoms with Crippen molar-refractivity contribution in [2.24, 2.45) is 0 Å². The molecule has 36 heavy (non-hydrogen) atoms. The topological polar surface area (TPSA) is 127 Å². The van der Waals surface area contributed by atoms with Gasteiger partial charge in [-0.1, -0.05) is 0 Å². The van der Waals surface area contributed by atoms with Gasteiger partial charge in [0, 0.05) is 32.7 Å². The summed E-state index contributed by atoms with van der Waals surface area (Å²) in [5.41, 5.74) is -1.18. The zero-order valence-electron chi connectivity index (χ0n) is 23.3. The van der Waals surface area contributed by atoms with Crippen LogP contribution in [0.1, 0.15) is 74.1 Å². The third-order valence-electron chi connectivity index (χ3n) is 4.57. The SMILES string of the molecule is CCOC(=O)CNCCCN(C=O)CCCCN(CCCNC(=O)OC(C)(C)C)C(=O)OC(C)(C)C. The predicted octanol–water partition coefficient (Wildman–Crippen LogP) is 2.92. The molecule has 0 heterocycles. The lowest BCUT2D eigenvalue weighted by Gasteiger charge is -2.28. The number of hydrogen-bond donors (Lipinski definition) is 2. The molecule has 0 bridgehead atoms. The van der Waals surface area contributed by atoms with Gasteiger partial charge in [0.2, 0.25) is 6.41 Å². The van der Waals surface area contributed by atoms with Gasteiger partial charge in [0.05, 0.1) is 13.2 Å². The highest BCUT2D eigenvalue weighted by atomic mass is 16.6. The fourth-order valence-electron chi connectivity index (χ4n) is 3.04. The lowest BCUT2D eigenvalue weighted by atomic mass is 10.2. The van der Waals surface area contributed by atoms with Crippen molar-refractivity contribution in [3.05, 3.63) is 0 Å². The van der Waals surface area contributed by atoms with Gasteiger partial charge >= 0.3 is 18.2 Å². The Kier molecular flexibility index (Phi) is 16.5. The molecule has 0 aromatic heterocycles. The molecule has 3 amide bonds. The van der Waals surface area contributed by atoms with Crippen LogP contribution >= 0.6 is 0 Å². The lowest BCUT2D eigenvalue weighted by Crippen LogP contribution is -2.39. The summed E-state index contributed by atoms with van der Waals surface area (Å²) in [6, 6.07) is 0. The third kappa shape index (κ3) is 19.7. The number of rotatable bonds is 17. The number of carbonyl (C=O) groups excluding carboxylic acids is 4. The minimum atomic E-state index is -0.611.